The fraction of sp³-hybridized carbons (Fsp3) is 0.533. The summed E-state index contributed by atoms with van der Waals surface area (Å²) in [5, 5.41) is 12.0. The summed E-state index contributed by atoms with van der Waals surface area (Å²) in [6, 6.07) is 0.960. The van der Waals surface area contributed by atoms with Crippen LogP contribution in [0.3, 0.4) is 0 Å². The Bertz CT molecular complexity index is 597. The summed E-state index contributed by atoms with van der Waals surface area (Å²) in [5.41, 5.74) is -0.359. The summed E-state index contributed by atoms with van der Waals surface area (Å²) >= 11 is 5.86. The molecule has 0 aromatic carbocycles. The van der Waals surface area contributed by atoms with Crippen LogP contribution in [0.5, 0.6) is 0 Å². The lowest BCUT2D eigenvalue weighted by molar-refractivity contribution is -0.142. The molecule has 0 aliphatic rings. The maximum Gasteiger partial charge on any atom is 0.326 e. The van der Waals surface area contributed by atoms with Gasteiger partial charge in [0.05, 0.1) is 5.02 Å². The lowest BCUT2D eigenvalue weighted by Crippen LogP contribution is -2.46. The molecule has 0 radical (unpaired) electrons. The van der Waals surface area contributed by atoms with Crippen molar-refractivity contribution >= 4 is 23.5 Å². The predicted octanol–water partition coefficient (Wildman–Crippen LogP) is 2.07. The smallest absolute Gasteiger partial charge is 0.326 e. The Morgan fingerprint density at radius 1 is 1.36 bits per heavy atom. The zero-order valence-electron chi connectivity index (χ0n) is 12.9. The normalized spacial score (nSPS) is 13.7. The molecule has 1 rings (SSSR count). The van der Waals surface area contributed by atoms with Crippen molar-refractivity contribution in [3.05, 3.63) is 33.7 Å². The van der Waals surface area contributed by atoms with Crippen LogP contribution in [-0.4, -0.2) is 27.6 Å². The zero-order chi connectivity index (χ0) is 16.9. The molecule has 122 valence electrons. The van der Waals surface area contributed by atoms with Crippen molar-refractivity contribution in [2.24, 2.45) is 5.92 Å². The van der Waals surface area contributed by atoms with Crippen LogP contribution in [0.4, 0.5) is 0 Å². The lowest BCUT2D eigenvalue weighted by atomic mass is 10.0. The van der Waals surface area contributed by atoms with Crippen molar-refractivity contribution in [3.8, 4) is 0 Å². The van der Waals surface area contributed by atoms with Crippen LogP contribution >= 0.6 is 11.6 Å². The summed E-state index contributed by atoms with van der Waals surface area (Å²) in [5.74, 6) is -1.47. The third-order valence-electron chi connectivity index (χ3n) is 3.25. The number of aromatic nitrogens is 1. The Hall–Kier alpha value is -1.82. The van der Waals surface area contributed by atoms with E-state index in [-0.39, 0.29) is 11.5 Å². The number of carboxylic acids is 1. The minimum absolute atomic E-state index is 0.121. The largest absolute Gasteiger partial charge is 0.480 e. The number of nitrogens with zero attached hydrogens (tertiary/aromatic N) is 1. The van der Waals surface area contributed by atoms with Gasteiger partial charge in [-0.1, -0.05) is 32.4 Å². The topological polar surface area (TPSA) is 88.4 Å². The molecule has 0 aliphatic carbocycles. The molecule has 0 saturated carbocycles. The third kappa shape index (κ3) is 4.87. The quantitative estimate of drug-likeness (QED) is 0.802. The summed E-state index contributed by atoms with van der Waals surface area (Å²) in [6.07, 6.45) is 2.05. The van der Waals surface area contributed by atoms with Crippen molar-refractivity contribution in [2.45, 2.75) is 45.7 Å². The summed E-state index contributed by atoms with van der Waals surface area (Å²) in [6.45, 7) is 5.50. The predicted molar refractivity (Wildman–Crippen MR) is 84.1 cm³/mol. The second-order valence-electron chi connectivity index (χ2n) is 5.55. The molecule has 0 aliphatic heterocycles. The summed E-state index contributed by atoms with van der Waals surface area (Å²) < 4.78 is 1.23. The maximum absolute atomic E-state index is 12.4. The number of pyridine rings is 1. The molecule has 6 nitrogen and oxygen atoms in total. The van der Waals surface area contributed by atoms with E-state index in [1.54, 1.807) is 6.92 Å². The van der Waals surface area contributed by atoms with Crippen molar-refractivity contribution in [1.82, 2.24) is 9.88 Å². The van der Waals surface area contributed by atoms with Gasteiger partial charge >= 0.3 is 5.97 Å². The van der Waals surface area contributed by atoms with E-state index >= 15 is 0 Å². The summed E-state index contributed by atoms with van der Waals surface area (Å²) in [7, 11) is 0. The molecule has 7 heteroatoms. The molecule has 0 bridgehead atoms. The molecule has 2 atom stereocenters. The van der Waals surface area contributed by atoms with Gasteiger partial charge in [0.25, 0.3) is 5.56 Å². The highest BCUT2D eigenvalue weighted by Crippen LogP contribution is 2.14. The second-order valence-corrected chi connectivity index (χ2v) is 5.98. The average Bonchev–Trinajstić information content (AvgIpc) is 2.42. The van der Waals surface area contributed by atoms with E-state index in [0.29, 0.717) is 17.9 Å². The van der Waals surface area contributed by atoms with Crippen LogP contribution in [0.25, 0.3) is 0 Å². The SMILES string of the molecule is CCC(C(=O)NC(CC(C)C)C(=O)O)n1cc(Cl)ccc1=O. The van der Waals surface area contributed by atoms with Gasteiger partial charge in [0.15, 0.2) is 0 Å². The number of amides is 1. The van der Waals surface area contributed by atoms with Crippen LogP contribution in [-0.2, 0) is 9.59 Å². The van der Waals surface area contributed by atoms with Gasteiger partial charge in [0.2, 0.25) is 5.91 Å². The number of carboxylic acid groups (broad SMARTS) is 1. The standard InChI is InChI=1S/C15H21ClN2O4/c1-4-12(18-8-10(16)5-6-13(18)19)14(20)17-11(15(21)22)7-9(2)3/h5-6,8-9,11-12H,4,7H2,1-3H3,(H,17,20)(H,21,22). The van der Waals surface area contributed by atoms with Crippen molar-refractivity contribution in [2.75, 3.05) is 0 Å². The second kappa shape index (κ2) is 7.98. The fourth-order valence-corrected chi connectivity index (χ4v) is 2.36. The first-order valence-electron chi connectivity index (χ1n) is 7.17. The Balaban J connectivity index is 2.99. The van der Waals surface area contributed by atoms with E-state index in [1.165, 1.54) is 22.9 Å². The highest BCUT2D eigenvalue weighted by Gasteiger charge is 2.26. The zero-order valence-corrected chi connectivity index (χ0v) is 13.6. The number of hydrogen-bond donors (Lipinski definition) is 2. The first kappa shape index (κ1) is 18.2. The third-order valence-corrected chi connectivity index (χ3v) is 3.47. The minimum Gasteiger partial charge on any atom is -0.480 e. The van der Waals surface area contributed by atoms with Crippen LogP contribution in [0.1, 0.15) is 39.7 Å². The van der Waals surface area contributed by atoms with E-state index in [0.717, 1.165) is 0 Å². The van der Waals surface area contributed by atoms with Gasteiger partial charge < -0.3 is 15.0 Å². The van der Waals surface area contributed by atoms with Gasteiger partial charge in [-0.3, -0.25) is 9.59 Å². The van der Waals surface area contributed by atoms with Gasteiger partial charge in [0.1, 0.15) is 12.1 Å². The molecule has 0 saturated heterocycles. The number of rotatable bonds is 7. The first-order valence-corrected chi connectivity index (χ1v) is 7.54. The molecule has 2 unspecified atom stereocenters. The highest BCUT2D eigenvalue weighted by molar-refractivity contribution is 6.30. The van der Waals surface area contributed by atoms with Crippen molar-refractivity contribution in [3.63, 3.8) is 0 Å². The molecule has 1 aromatic rings. The van der Waals surface area contributed by atoms with E-state index in [1.807, 2.05) is 13.8 Å². The van der Waals surface area contributed by atoms with Crippen LogP contribution in [0.15, 0.2) is 23.1 Å². The van der Waals surface area contributed by atoms with Gasteiger partial charge in [-0.25, -0.2) is 4.79 Å². The van der Waals surface area contributed by atoms with Gasteiger partial charge in [-0.2, -0.15) is 0 Å². The monoisotopic (exact) mass is 328 g/mol. The molecule has 1 amide bonds. The van der Waals surface area contributed by atoms with Crippen molar-refractivity contribution < 1.29 is 14.7 Å². The van der Waals surface area contributed by atoms with E-state index in [4.69, 9.17) is 11.6 Å². The van der Waals surface area contributed by atoms with Crippen LogP contribution in [0.2, 0.25) is 5.02 Å². The molecule has 1 aromatic heterocycles. The Labute approximate surface area is 134 Å². The maximum atomic E-state index is 12.4. The lowest BCUT2D eigenvalue weighted by Gasteiger charge is -2.22. The van der Waals surface area contributed by atoms with Crippen LogP contribution < -0.4 is 10.9 Å². The number of hydrogen-bond acceptors (Lipinski definition) is 3. The van der Waals surface area contributed by atoms with Crippen molar-refractivity contribution in [1.29, 1.82) is 0 Å². The van der Waals surface area contributed by atoms with E-state index < -0.39 is 24.0 Å². The van der Waals surface area contributed by atoms with Gasteiger partial charge in [0, 0.05) is 12.3 Å². The molecule has 2 N–H and O–H groups in total. The molecular formula is C15H21ClN2O4. The number of carbonyl (C=O) groups is 2. The number of carbonyl (C=O) groups excluding carboxylic acids is 1. The number of nitrogens with one attached hydrogen (secondary N) is 1. The fourth-order valence-electron chi connectivity index (χ4n) is 2.19. The number of aliphatic carboxylic acids is 1. The van der Waals surface area contributed by atoms with Crippen LogP contribution in [0, 0.1) is 5.92 Å². The van der Waals surface area contributed by atoms with Gasteiger partial charge in [-0.15, -0.1) is 0 Å². The average molecular weight is 329 g/mol. The molecule has 22 heavy (non-hydrogen) atoms. The van der Waals surface area contributed by atoms with E-state index in [2.05, 4.69) is 5.32 Å². The summed E-state index contributed by atoms with van der Waals surface area (Å²) in [4.78, 5) is 35.5. The molecular weight excluding hydrogens is 308 g/mol. The Morgan fingerprint density at radius 3 is 2.50 bits per heavy atom. The molecule has 0 spiro atoms. The Kier molecular flexibility index (Phi) is 6.61. The molecule has 1 heterocycles. The molecule has 0 fully saturated rings. The van der Waals surface area contributed by atoms with Gasteiger partial charge in [-0.05, 0) is 24.8 Å². The Morgan fingerprint density at radius 2 is 2.00 bits per heavy atom. The highest BCUT2D eigenvalue weighted by atomic mass is 35.5. The van der Waals surface area contributed by atoms with E-state index in [9.17, 15) is 19.5 Å². The minimum atomic E-state index is -1.09. The first-order chi connectivity index (χ1) is 10.3. The number of halogens is 1.